The van der Waals surface area contributed by atoms with Gasteiger partial charge in [0.2, 0.25) is 9.99 Å². The first-order chi connectivity index (χ1) is 11.3. The van der Waals surface area contributed by atoms with Gasteiger partial charge in [0.05, 0.1) is 5.69 Å². The standard InChI is InChI=1S/C16H20N4O2S2/c1-5-13-15(20-16(17-13)23-14(18-20)10(2)3)24(21,22)19-12-8-6-7-11(4)9-12/h6-10,19H,5H2,1-4H3. The van der Waals surface area contributed by atoms with E-state index in [1.54, 1.807) is 12.1 Å². The third-order valence-electron chi connectivity index (χ3n) is 3.60. The fourth-order valence-corrected chi connectivity index (χ4v) is 4.80. The SMILES string of the molecule is CCc1nc2sc(C(C)C)nn2c1S(=O)(=O)Nc1cccc(C)c1. The first kappa shape index (κ1) is 16.9. The van der Waals surface area contributed by atoms with Gasteiger partial charge < -0.3 is 0 Å². The highest BCUT2D eigenvalue weighted by molar-refractivity contribution is 7.92. The van der Waals surface area contributed by atoms with E-state index in [0.717, 1.165) is 10.6 Å². The van der Waals surface area contributed by atoms with Crippen molar-refractivity contribution >= 4 is 32.0 Å². The topological polar surface area (TPSA) is 76.4 Å². The number of aryl methyl sites for hydroxylation is 2. The molecule has 0 aliphatic heterocycles. The zero-order valence-corrected chi connectivity index (χ0v) is 15.7. The summed E-state index contributed by atoms with van der Waals surface area (Å²) in [6.45, 7) is 7.86. The van der Waals surface area contributed by atoms with Gasteiger partial charge in [-0.1, -0.05) is 44.2 Å². The lowest BCUT2D eigenvalue weighted by Crippen LogP contribution is -2.17. The summed E-state index contributed by atoms with van der Waals surface area (Å²) in [7, 11) is -3.77. The van der Waals surface area contributed by atoms with Crippen LogP contribution in [0.3, 0.4) is 0 Å². The van der Waals surface area contributed by atoms with Crippen LogP contribution in [0.15, 0.2) is 29.3 Å². The Balaban J connectivity index is 2.11. The van der Waals surface area contributed by atoms with Gasteiger partial charge in [-0.15, -0.1) is 0 Å². The van der Waals surface area contributed by atoms with Gasteiger partial charge in [0, 0.05) is 11.6 Å². The summed E-state index contributed by atoms with van der Waals surface area (Å²) in [6, 6.07) is 7.26. The number of benzene rings is 1. The zero-order chi connectivity index (χ0) is 17.5. The highest BCUT2D eigenvalue weighted by Crippen LogP contribution is 2.28. The maximum absolute atomic E-state index is 12.9. The van der Waals surface area contributed by atoms with E-state index in [4.69, 9.17) is 0 Å². The summed E-state index contributed by atoms with van der Waals surface area (Å²) in [5.41, 5.74) is 2.05. The second kappa shape index (κ2) is 6.18. The molecule has 2 aromatic heterocycles. The van der Waals surface area contributed by atoms with Gasteiger partial charge in [-0.2, -0.15) is 18.0 Å². The van der Waals surface area contributed by atoms with Gasteiger partial charge in [0.25, 0.3) is 10.0 Å². The van der Waals surface area contributed by atoms with Gasteiger partial charge in [0.15, 0.2) is 0 Å². The summed E-state index contributed by atoms with van der Waals surface area (Å²) in [4.78, 5) is 5.07. The lowest BCUT2D eigenvalue weighted by molar-refractivity contribution is 0.591. The van der Waals surface area contributed by atoms with Gasteiger partial charge in [-0.25, -0.2) is 4.98 Å². The number of fused-ring (bicyclic) bond motifs is 1. The van der Waals surface area contributed by atoms with Crippen LogP contribution >= 0.6 is 11.3 Å². The Morgan fingerprint density at radius 2 is 2.08 bits per heavy atom. The van der Waals surface area contributed by atoms with E-state index in [1.165, 1.54) is 15.9 Å². The second-order valence-corrected chi connectivity index (χ2v) is 8.57. The summed E-state index contributed by atoms with van der Waals surface area (Å²) in [5.74, 6) is 0.224. The first-order valence-corrected chi connectivity index (χ1v) is 10.1. The molecule has 128 valence electrons. The molecular weight excluding hydrogens is 344 g/mol. The molecule has 2 heterocycles. The Kier molecular flexibility index (Phi) is 4.35. The van der Waals surface area contributed by atoms with Crippen molar-refractivity contribution in [3.63, 3.8) is 0 Å². The molecule has 0 amide bonds. The van der Waals surface area contributed by atoms with Crippen LogP contribution in [0.4, 0.5) is 5.69 Å². The number of imidazole rings is 1. The average molecular weight is 364 g/mol. The van der Waals surface area contributed by atoms with Crippen molar-refractivity contribution in [3.8, 4) is 0 Å². The van der Waals surface area contributed by atoms with Crippen molar-refractivity contribution in [3.05, 3.63) is 40.5 Å². The number of sulfonamides is 1. The van der Waals surface area contributed by atoms with E-state index in [0.29, 0.717) is 22.8 Å². The fourth-order valence-electron chi connectivity index (χ4n) is 2.43. The molecule has 0 spiro atoms. The van der Waals surface area contributed by atoms with E-state index in [-0.39, 0.29) is 10.9 Å². The minimum atomic E-state index is -3.77. The maximum atomic E-state index is 12.9. The van der Waals surface area contributed by atoms with E-state index >= 15 is 0 Å². The molecule has 24 heavy (non-hydrogen) atoms. The molecule has 3 rings (SSSR count). The third kappa shape index (κ3) is 3.03. The second-order valence-electron chi connectivity index (χ2n) is 5.98. The van der Waals surface area contributed by atoms with Crippen LogP contribution in [0.5, 0.6) is 0 Å². The van der Waals surface area contributed by atoms with E-state index in [2.05, 4.69) is 14.8 Å². The summed E-state index contributed by atoms with van der Waals surface area (Å²) < 4.78 is 30.0. The number of anilines is 1. The molecule has 3 aromatic rings. The number of nitrogens with zero attached hydrogens (tertiary/aromatic N) is 3. The molecule has 0 saturated heterocycles. The minimum absolute atomic E-state index is 0.129. The van der Waals surface area contributed by atoms with Crippen LogP contribution < -0.4 is 4.72 Å². The fraction of sp³-hybridized carbons (Fsp3) is 0.375. The molecule has 0 saturated carbocycles. The Labute approximate surface area is 145 Å². The molecule has 1 aromatic carbocycles. The lowest BCUT2D eigenvalue weighted by Gasteiger charge is -2.09. The number of aromatic nitrogens is 3. The molecule has 0 aliphatic rings. The molecule has 6 nitrogen and oxygen atoms in total. The van der Waals surface area contributed by atoms with Gasteiger partial charge in [-0.3, -0.25) is 4.72 Å². The number of rotatable bonds is 5. The predicted octanol–water partition coefficient (Wildman–Crippen LogP) is 3.59. The van der Waals surface area contributed by atoms with Crippen LogP contribution in [0.2, 0.25) is 0 Å². The molecule has 0 radical (unpaired) electrons. The highest BCUT2D eigenvalue weighted by atomic mass is 32.2. The van der Waals surface area contributed by atoms with E-state index in [1.807, 2.05) is 39.8 Å². The van der Waals surface area contributed by atoms with Crippen molar-refractivity contribution < 1.29 is 8.42 Å². The smallest absolute Gasteiger partial charge is 0.278 e. The predicted molar refractivity (Wildman–Crippen MR) is 96.3 cm³/mol. The van der Waals surface area contributed by atoms with Crippen LogP contribution in [0.1, 0.15) is 43.0 Å². The number of hydrogen-bond donors (Lipinski definition) is 1. The Hall–Kier alpha value is -1.93. The van der Waals surface area contributed by atoms with Crippen molar-refractivity contribution in [1.29, 1.82) is 0 Å². The summed E-state index contributed by atoms with van der Waals surface area (Å²) in [6.07, 6.45) is 0.525. The Morgan fingerprint density at radius 1 is 1.33 bits per heavy atom. The summed E-state index contributed by atoms with van der Waals surface area (Å²) in [5, 5.41) is 5.46. The van der Waals surface area contributed by atoms with Crippen molar-refractivity contribution in [2.24, 2.45) is 0 Å². The molecular formula is C16H20N4O2S2. The Morgan fingerprint density at radius 3 is 2.71 bits per heavy atom. The maximum Gasteiger partial charge on any atom is 0.281 e. The van der Waals surface area contributed by atoms with E-state index in [9.17, 15) is 8.42 Å². The van der Waals surface area contributed by atoms with Crippen LogP contribution in [0.25, 0.3) is 4.96 Å². The van der Waals surface area contributed by atoms with Gasteiger partial charge in [0.1, 0.15) is 5.01 Å². The largest absolute Gasteiger partial charge is 0.281 e. The quantitative estimate of drug-likeness (QED) is 0.751. The van der Waals surface area contributed by atoms with Crippen LogP contribution in [-0.2, 0) is 16.4 Å². The zero-order valence-electron chi connectivity index (χ0n) is 14.1. The Bertz CT molecular complexity index is 987. The minimum Gasteiger partial charge on any atom is -0.278 e. The van der Waals surface area contributed by atoms with E-state index < -0.39 is 10.0 Å². The van der Waals surface area contributed by atoms with Crippen molar-refractivity contribution in [1.82, 2.24) is 14.6 Å². The average Bonchev–Trinajstić information content (AvgIpc) is 3.03. The van der Waals surface area contributed by atoms with Gasteiger partial charge >= 0.3 is 0 Å². The number of hydrogen-bond acceptors (Lipinski definition) is 5. The molecule has 8 heteroatoms. The number of nitrogens with one attached hydrogen (secondary N) is 1. The molecule has 0 unspecified atom stereocenters. The van der Waals surface area contributed by atoms with Crippen LogP contribution in [-0.4, -0.2) is 23.0 Å². The molecule has 0 aliphatic carbocycles. The normalized spacial score (nSPS) is 12.2. The highest BCUT2D eigenvalue weighted by Gasteiger charge is 2.27. The monoisotopic (exact) mass is 364 g/mol. The molecule has 0 atom stereocenters. The van der Waals surface area contributed by atoms with Crippen molar-refractivity contribution in [2.45, 2.75) is 45.1 Å². The third-order valence-corrected chi connectivity index (χ3v) is 6.23. The molecule has 0 bridgehead atoms. The van der Waals surface area contributed by atoms with Gasteiger partial charge in [-0.05, 0) is 31.0 Å². The molecule has 1 N–H and O–H groups in total. The lowest BCUT2D eigenvalue weighted by atomic mass is 10.2. The van der Waals surface area contributed by atoms with Crippen molar-refractivity contribution in [2.75, 3.05) is 4.72 Å². The molecule has 0 fully saturated rings. The summed E-state index contributed by atoms with van der Waals surface area (Å²) >= 11 is 1.43. The van der Waals surface area contributed by atoms with Crippen LogP contribution in [0, 0.1) is 6.92 Å². The first-order valence-electron chi connectivity index (χ1n) is 7.79.